The molecule has 0 spiro atoms. The molecule has 4 saturated carbocycles. The fraction of sp³-hybridized carbons (Fsp3) is 0.667. The van der Waals surface area contributed by atoms with E-state index in [1.54, 1.807) is 6.07 Å². The van der Waals surface area contributed by atoms with Crippen LogP contribution in [0.15, 0.2) is 30.3 Å². The van der Waals surface area contributed by atoms with Crippen molar-refractivity contribution in [3.8, 4) is 0 Å². The second kappa shape index (κ2) is 7.65. The Balaban J connectivity index is 1.64. The van der Waals surface area contributed by atoms with Gasteiger partial charge in [-0.05, 0) is 67.3 Å². The zero-order valence-electron chi connectivity index (χ0n) is 17.1. The van der Waals surface area contributed by atoms with Crippen LogP contribution in [-0.2, 0) is 4.79 Å². The molecule has 0 N–H and O–H groups in total. The third-order valence-corrected chi connectivity index (χ3v) is 7.64. The molecule has 4 bridgehead atoms. The Bertz CT molecular complexity index is 845. The minimum atomic E-state index is -3.71. The first-order valence-corrected chi connectivity index (χ1v) is 10.7. The van der Waals surface area contributed by atoms with E-state index in [1.165, 1.54) is 43.5 Å². The molecule has 1 aromatic rings. The van der Waals surface area contributed by atoms with E-state index in [9.17, 15) is 35.1 Å². The maximum atomic E-state index is 13.2. The topological polar surface area (TPSA) is 146 Å². The van der Waals surface area contributed by atoms with Crippen LogP contribution in [-0.4, -0.2) is 26.3 Å². The van der Waals surface area contributed by atoms with Crippen molar-refractivity contribution in [3.63, 3.8) is 0 Å². The van der Waals surface area contributed by atoms with Gasteiger partial charge >= 0.3 is 5.79 Å². The van der Waals surface area contributed by atoms with Crippen LogP contribution in [0.5, 0.6) is 0 Å². The lowest BCUT2D eigenvalue weighted by Gasteiger charge is -2.56. The molecule has 0 aliphatic heterocycles. The van der Waals surface area contributed by atoms with Gasteiger partial charge in [0.2, 0.25) is 5.92 Å². The number of ketones is 1. The molecule has 0 radical (unpaired) electrons. The Labute approximate surface area is 178 Å². The Morgan fingerprint density at radius 1 is 0.903 bits per heavy atom. The SMILES string of the molecule is O=C(CC(c1ccccc1)C([N+](=O)[O-])([N+](=O)[O-])[N+](=O)[O-])CC12CC3CC(CC(C3)C1)C2. The largest absolute Gasteiger partial charge is 0.707 e. The summed E-state index contributed by atoms with van der Waals surface area (Å²) in [7, 11) is 0. The molecule has 10 heteroatoms. The first-order chi connectivity index (χ1) is 14.7. The molecule has 31 heavy (non-hydrogen) atoms. The van der Waals surface area contributed by atoms with Gasteiger partial charge in [-0.25, -0.2) is 0 Å². The Kier molecular flexibility index (Phi) is 5.26. The van der Waals surface area contributed by atoms with Crippen molar-refractivity contribution in [1.82, 2.24) is 0 Å². The molecule has 1 atom stereocenters. The van der Waals surface area contributed by atoms with Crippen molar-refractivity contribution in [2.75, 3.05) is 0 Å². The summed E-state index contributed by atoms with van der Waals surface area (Å²) < 4.78 is 0. The maximum absolute atomic E-state index is 13.2. The predicted octanol–water partition coefficient (Wildman–Crippen LogP) is 3.82. The number of carbonyl (C=O) groups excluding carboxylic acids is 1. The molecule has 4 aliphatic carbocycles. The molecule has 0 heterocycles. The van der Waals surface area contributed by atoms with Crippen LogP contribution in [0.2, 0.25) is 0 Å². The van der Waals surface area contributed by atoms with Gasteiger partial charge in [0.05, 0.1) is 0 Å². The third kappa shape index (κ3) is 3.57. The molecule has 4 aliphatic rings. The number of carbonyl (C=O) groups is 1. The molecule has 0 aromatic heterocycles. The van der Waals surface area contributed by atoms with E-state index in [-0.39, 0.29) is 23.2 Å². The van der Waals surface area contributed by atoms with Crippen LogP contribution < -0.4 is 0 Å². The van der Waals surface area contributed by atoms with Crippen molar-refractivity contribution in [2.45, 2.75) is 63.1 Å². The van der Waals surface area contributed by atoms with Crippen LogP contribution in [0, 0.1) is 53.5 Å². The van der Waals surface area contributed by atoms with Gasteiger partial charge in [0.25, 0.3) is 0 Å². The van der Waals surface area contributed by atoms with E-state index in [2.05, 4.69) is 0 Å². The second-order valence-corrected chi connectivity index (χ2v) is 9.76. The number of Topliss-reactive ketones (excluding diaryl/α,β-unsaturated/α-hetero) is 1. The zero-order chi connectivity index (χ0) is 22.4. The molecule has 166 valence electrons. The zero-order valence-corrected chi connectivity index (χ0v) is 17.1. The maximum Gasteiger partial charge on any atom is 0.707 e. The lowest BCUT2D eigenvalue weighted by atomic mass is 9.48. The Morgan fingerprint density at radius 3 is 1.77 bits per heavy atom. The highest BCUT2D eigenvalue weighted by Crippen LogP contribution is 2.61. The van der Waals surface area contributed by atoms with E-state index < -0.39 is 32.9 Å². The minimum absolute atomic E-state index is 0.0477. The van der Waals surface area contributed by atoms with Gasteiger partial charge in [-0.2, -0.15) is 0 Å². The Morgan fingerprint density at radius 2 is 1.35 bits per heavy atom. The van der Waals surface area contributed by atoms with Crippen LogP contribution in [0.4, 0.5) is 0 Å². The number of hydrogen-bond acceptors (Lipinski definition) is 7. The molecule has 0 saturated heterocycles. The molecule has 1 aromatic carbocycles. The summed E-state index contributed by atoms with van der Waals surface area (Å²) in [6.45, 7) is 0. The van der Waals surface area contributed by atoms with Gasteiger partial charge in [0.1, 0.15) is 5.78 Å². The first kappa shape index (κ1) is 21.3. The van der Waals surface area contributed by atoms with Gasteiger partial charge in [-0.3, -0.25) is 35.1 Å². The summed E-state index contributed by atoms with van der Waals surface area (Å²) in [5, 5.41) is 35.2. The summed E-state index contributed by atoms with van der Waals surface area (Å²) in [5.74, 6) is -4.09. The molecule has 5 rings (SSSR count). The minimum Gasteiger partial charge on any atom is -0.300 e. The van der Waals surface area contributed by atoms with E-state index in [0.717, 1.165) is 19.3 Å². The summed E-state index contributed by atoms with van der Waals surface area (Å²) in [6, 6.07) is 7.33. The van der Waals surface area contributed by atoms with E-state index in [0.29, 0.717) is 17.8 Å². The van der Waals surface area contributed by atoms with Crippen LogP contribution >= 0.6 is 0 Å². The smallest absolute Gasteiger partial charge is 0.300 e. The van der Waals surface area contributed by atoms with Gasteiger partial charge in [-0.15, -0.1) is 0 Å². The second-order valence-electron chi connectivity index (χ2n) is 9.76. The highest BCUT2D eigenvalue weighted by Gasteiger charge is 2.76. The lowest BCUT2D eigenvalue weighted by molar-refractivity contribution is -0.973. The standard InChI is InChI=1S/C21H25N3O7/c25-18(13-20-10-14-6-15(11-20)8-16(7-14)12-20)9-19(17-4-2-1-3-5-17)21(22(26)27,23(28)29)24(30)31/h1-5,14-16,19H,6-13H2. The fourth-order valence-electron chi connectivity index (χ4n) is 6.97. The highest BCUT2D eigenvalue weighted by atomic mass is 16.7. The molecule has 4 fully saturated rings. The third-order valence-electron chi connectivity index (χ3n) is 7.64. The van der Waals surface area contributed by atoms with Gasteiger partial charge in [0.15, 0.2) is 14.8 Å². The van der Waals surface area contributed by atoms with Crippen molar-refractivity contribution in [3.05, 3.63) is 66.2 Å². The van der Waals surface area contributed by atoms with Gasteiger partial charge in [-0.1, -0.05) is 30.3 Å². The van der Waals surface area contributed by atoms with Crippen molar-refractivity contribution < 1.29 is 19.6 Å². The monoisotopic (exact) mass is 431 g/mol. The molecule has 10 nitrogen and oxygen atoms in total. The lowest BCUT2D eigenvalue weighted by Crippen LogP contribution is -2.58. The number of rotatable bonds is 9. The number of nitro groups is 3. The van der Waals surface area contributed by atoms with E-state index in [1.807, 2.05) is 0 Å². The normalized spacial score (nSPS) is 30.0. The van der Waals surface area contributed by atoms with E-state index >= 15 is 0 Å². The van der Waals surface area contributed by atoms with Gasteiger partial charge in [0, 0.05) is 12.8 Å². The molecule has 0 amide bonds. The molecule has 1 unspecified atom stereocenters. The molecular formula is C21H25N3O7. The number of nitrogens with zero attached hydrogens (tertiary/aromatic N) is 3. The average molecular weight is 431 g/mol. The van der Waals surface area contributed by atoms with E-state index in [4.69, 9.17) is 0 Å². The predicted molar refractivity (Wildman–Crippen MR) is 108 cm³/mol. The van der Waals surface area contributed by atoms with Crippen molar-refractivity contribution in [1.29, 1.82) is 0 Å². The fourth-order valence-corrected chi connectivity index (χ4v) is 6.97. The number of hydrogen-bond donors (Lipinski definition) is 0. The summed E-state index contributed by atoms with van der Waals surface area (Å²) in [5.41, 5.74) is -0.111. The number of benzene rings is 1. The van der Waals surface area contributed by atoms with Gasteiger partial charge < -0.3 is 0 Å². The van der Waals surface area contributed by atoms with Crippen molar-refractivity contribution >= 4 is 5.78 Å². The first-order valence-electron chi connectivity index (χ1n) is 10.7. The van der Waals surface area contributed by atoms with Crippen LogP contribution in [0.1, 0.15) is 62.8 Å². The summed E-state index contributed by atoms with van der Waals surface area (Å²) in [6.07, 6.45) is 5.95. The van der Waals surface area contributed by atoms with Crippen molar-refractivity contribution in [2.24, 2.45) is 23.2 Å². The molecular weight excluding hydrogens is 406 g/mol. The quantitative estimate of drug-likeness (QED) is 0.328. The van der Waals surface area contributed by atoms with Crippen LogP contribution in [0.25, 0.3) is 0 Å². The summed E-state index contributed by atoms with van der Waals surface area (Å²) in [4.78, 5) is 43.9. The highest BCUT2D eigenvalue weighted by molar-refractivity contribution is 5.80. The average Bonchev–Trinajstić information content (AvgIpc) is 2.66. The van der Waals surface area contributed by atoms with Crippen LogP contribution in [0.3, 0.4) is 0 Å². The summed E-state index contributed by atoms with van der Waals surface area (Å²) >= 11 is 0. The Hall–Kier alpha value is -2.91.